The van der Waals surface area contributed by atoms with Gasteiger partial charge >= 0.3 is 5.97 Å². The van der Waals surface area contributed by atoms with E-state index >= 15 is 0 Å². The molecule has 0 unspecified atom stereocenters. The van der Waals surface area contributed by atoms with Gasteiger partial charge in [-0.05, 0) is 68.3 Å². The molecule has 0 amide bonds. The first kappa shape index (κ1) is 21.0. The average Bonchev–Trinajstić information content (AvgIpc) is 3.28. The first-order valence-electron chi connectivity index (χ1n) is 9.45. The first-order valence-corrected chi connectivity index (χ1v) is 10.9. The Labute approximate surface area is 170 Å². The molecule has 0 saturated carbocycles. The molecule has 0 radical (unpaired) electrons. The molecule has 1 aliphatic rings. The van der Waals surface area contributed by atoms with E-state index in [4.69, 9.17) is 9.47 Å². The molecule has 1 saturated heterocycles. The van der Waals surface area contributed by atoms with Crippen LogP contribution >= 0.6 is 0 Å². The number of ether oxygens (including phenoxy) is 2. The fraction of sp³-hybridized carbons (Fsp3) is 0.333. The molecule has 3 rings (SSSR count). The number of benzene rings is 2. The first-order chi connectivity index (χ1) is 13.9. The summed E-state index contributed by atoms with van der Waals surface area (Å²) in [6.45, 7) is 3.00. The molecule has 0 aromatic heterocycles. The fourth-order valence-corrected chi connectivity index (χ4v) is 4.56. The van der Waals surface area contributed by atoms with E-state index in [0.717, 1.165) is 12.8 Å². The van der Waals surface area contributed by atoms with Crippen LogP contribution in [0.1, 0.15) is 40.5 Å². The topological polar surface area (TPSA) is 90.0 Å². The molecule has 1 fully saturated rings. The number of carbonyl (C=O) groups is 2. The SMILES string of the molecule is CCOc1ccc(C(=O)OCC(=O)c2ccc(S(=O)(=O)N3CCCC3)cc2)cc1. The minimum absolute atomic E-state index is 0.155. The Balaban J connectivity index is 1.58. The van der Waals surface area contributed by atoms with Crippen LogP contribution in [0.25, 0.3) is 0 Å². The number of nitrogens with zero attached hydrogens (tertiary/aromatic N) is 1. The smallest absolute Gasteiger partial charge is 0.338 e. The van der Waals surface area contributed by atoms with Crippen LogP contribution in [0, 0.1) is 0 Å². The summed E-state index contributed by atoms with van der Waals surface area (Å²) in [6, 6.07) is 12.1. The largest absolute Gasteiger partial charge is 0.494 e. The molecule has 0 spiro atoms. The predicted molar refractivity (Wildman–Crippen MR) is 107 cm³/mol. The van der Waals surface area contributed by atoms with Gasteiger partial charge in [-0.1, -0.05) is 0 Å². The van der Waals surface area contributed by atoms with Crippen molar-refractivity contribution in [3.63, 3.8) is 0 Å². The lowest BCUT2D eigenvalue weighted by atomic mass is 10.1. The zero-order valence-electron chi connectivity index (χ0n) is 16.2. The van der Waals surface area contributed by atoms with Crippen molar-refractivity contribution in [3.8, 4) is 5.75 Å². The van der Waals surface area contributed by atoms with Crippen molar-refractivity contribution >= 4 is 21.8 Å². The highest BCUT2D eigenvalue weighted by molar-refractivity contribution is 7.89. The zero-order valence-corrected chi connectivity index (χ0v) is 17.0. The van der Waals surface area contributed by atoms with E-state index in [0.29, 0.717) is 31.0 Å². The van der Waals surface area contributed by atoms with Gasteiger partial charge in [0.05, 0.1) is 17.1 Å². The third-order valence-electron chi connectivity index (χ3n) is 4.61. The molecule has 2 aromatic rings. The lowest BCUT2D eigenvalue weighted by molar-refractivity contribution is 0.0474. The Hall–Kier alpha value is -2.71. The van der Waals surface area contributed by atoms with Gasteiger partial charge in [0.15, 0.2) is 12.4 Å². The lowest BCUT2D eigenvalue weighted by Gasteiger charge is -2.15. The van der Waals surface area contributed by atoms with E-state index in [-0.39, 0.29) is 10.5 Å². The van der Waals surface area contributed by atoms with E-state index < -0.39 is 28.4 Å². The molecule has 29 heavy (non-hydrogen) atoms. The van der Waals surface area contributed by atoms with Gasteiger partial charge in [0.1, 0.15) is 5.75 Å². The second-order valence-electron chi connectivity index (χ2n) is 6.59. The quantitative estimate of drug-likeness (QED) is 0.485. The van der Waals surface area contributed by atoms with Crippen molar-refractivity contribution in [1.29, 1.82) is 0 Å². The number of Topliss-reactive ketones (excluding diaryl/α,β-unsaturated/α-hetero) is 1. The van der Waals surface area contributed by atoms with Gasteiger partial charge in [-0.3, -0.25) is 4.79 Å². The van der Waals surface area contributed by atoms with Crippen molar-refractivity contribution in [2.75, 3.05) is 26.3 Å². The fourth-order valence-electron chi connectivity index (χ4n) is 3.04. The highest BCUT2D eigenvalue weighted by Crippen LogP contribution is 2.21. The van der Waals surface area contributed by atoms with Crippen molar-refractivity contribution < 1.29 is 27.5 Å². The number of esters is 1. The predicted octanol–water partition coefficient (Wildman–Crippen LogP) is 2.91. The van der Waals surface area contributed by atoms with Crippen LogP contribution in [-0.2, 0) is 14.8 Å². The van der Waals surface area contributed by atoms with E-state index in [1.54, 1.807) is 24.3 Å². The number of ketones is 1. The number of sulfonamides is 1. The molecule has 0 N–H and O–H groups in total. The Kier molecular flexibility index (Phi) is 6.66. The molecule has 8 heteroatoms. The summed E-state index contributed by atoms with van der Waals surface area (Å²) >= 11 is 0. The highest BCUT2D eigenvalue weighted by Gasteiger charge is 2.27. The summed E-state index contributed by atoms with van der Waals surface area (Å²) < 4.78 is 36.9. The lowest BCUT2D eigenvalue weighted by Crippen LogP contribution is -2.27. The van der Waals surface area contributed by atoms with Crippen molar-refractivity contribution in [2.45, 2.75) is 24.7 Å². The Bertz CT molecular complexity index is 961. The molecule has 154 valence electrons. The second kappa shape index (κ2) is 9.19. The van der Waals surface area contributed by atoms with Gasteiger partial charge in [-0.25, -0.2) is 13.2 Å². The molecular formula is C21H23NO6S. The molecule has 1 heterocycles. The van der Waals surface area contributed by atoms with Crippen LogP contribution in [-0.4, -0.2) is 50.8 Å². The number of carbonyl (C=O) groups excluding carboxylic acids is 2. The molecule has 2 aromatic carbocycles. The number of rotatable bonds is 8. The standard InChI is InChI=1S/C21H23NO6S/c1-2-27-18-9-5-17(6-10-18)21(24)28-15-20(23)16-7-11-19(12-8-16)29(25,26)22-13-3-4-14-22/h5-12H,2-4,13-15H2,1H3. The van der Waals surface area contributed by atoms with Crippen LogP contribution in [0.15, 0.2) is 53.4 Å². The molecule has 0 atom stereocenters. The highest BCUT2D eigenvalue weighted by atomic mass is 32.2. The molecule has 0 aliphatic carbocycles. The zero-order chi connectivity index (χ0) is 20.9. The summed E-state index contributed by atoms with van der Waals surface area (Å²) in [5.74, 6) is -0.381. The Morgan fingerprint density at radius 3 is 2.10 bits per heavy atom. The van der Waals surface area contributed by atoms with Gasteiger partial charge in [0.25, 0.3) is 0 Å². The maximum atomic E-state index is 12.5. The second-order valence-corrected chi connectivity index (χ2v) is 8.53. The molecule has 0 bridgehead atoms. The van der Waals surface area contributed by atoms with Crippen molar-refractivity contribution in [1.82, 2.24) is 4.31 Å². The summed E-state index contributed by atoms with van der Waals surface area (Å²) in [4.78, 5) is 24.5. The summed E-state index contributed by atoms with van der Waals surface area (Å²) in [7, 11) is -3.52. The van der Waals surface area contributed by atoms with Gasteiger partial charge in [-0.2, -0.15) is 4.31 Å². The van der Waals surface area contributed by atoms with Crippen LogP contribution in [0.2, 0.25) is 0 Å². The summed E-state index contributed by atoms with van der Waals surface area (Å²) in [6.07, 6.45) is 1.71. The van der Waals surface area contributed by atoms with Crippen LogP contribution < -0.4 is 4.74 Å². The monoisotopic (exact) mass is 417 g/mol. The van der Waals surface area contributed by atoms with Crippen LogP contribution in [0.4, 0.5) is 0 Å². The molecule has 1 aliphatic heterocycles. The minimum Gasteiger partial charge on any atom is -0.494 e. The maximum Gasteiger partial charge on any atom is 0.338 e. The van der Waals surface area contributed by atoms with Crippen molar-refractivity contribution in [2.24, 2.45) is 0 Å². The summed E-state index contributed by atoms with van der Waals surface area (Å²) in [5, 5.41) is 0. The van der Waals surface area contributed by atoms with Gasteiger partial charge < -0.3 is 9.47 Å². The normalized spacial score (nSPS) is 14.5. The Morgan fingerprint density at radius 1 is 0.931 bits per heavy atom. The van der Waals surface area contributed by atoms with E-state index in [1.807, 2.05) is 6.92 Å². The Morgan fingerprint density at radius 2 is 1.52 bits per heavy atom. The molecule has 7 nitrogen and oxygen atoms in total. The molecular weight excluding hydrogens is 394 g/mol. The third-order valence-corrected chi connectivity index (χ3v) is 6.53. The number of hydrogen-bond donors (Lipinski definition) is 0. The average molecular weight is 417 g/mol. The van der Waals surface area contributed by atoms with Crippen LogP contribution in [0.5, 0.6) is 5.75 Å². The van der Waals surface area contributed by atoms with Gasteiger partial charge in [0.2, 0.25) is 10.0 Å². The number of hydrogen-bond acceptors (Lipinski definition) is 6. The minimum atomic E-state index is -3.52. The van der Waals surface area contributed by atoms with Crippen molar-refractivity contribution in [3.05, 3.63) is 59.7 Å². The van der Waals surface area contributed by atoms with Gasteiger partial charge in [-0.15, -0.1) is 0 Å². The third kappa shape index (κ3) is 5.02. The van der Waals surface area contributed by atoms with Gasteiger partial charge in [0, 0.05) is 18.7 Å². The van der Waals surface area contributed by atoms with E-state index in [9.17, 15) is 18.0 Å². The van der Waals surface area contributed by atoms with Crippen LogP contribution in [0.3, 0.4) is 0 Å². The summed E-state index contributed by atoms with van der Waals surface area (Å²) in [5.41, 5.74) is 0.596. The van der Waals surface area contributed by atoms with E-state index in [2.05, 4.69) is 0 Å². The maximum absolute atomic E-state index is 12.5. The van der Waals surface area contributed by atoms with E-state index in [1.165, 1.54) is 28.6 Å².